The monoisotopic (exact) mass is 349 g/mol. The average Bonchev–Trinajstić information content (AvgIpc) is 2.57. The smallest absolute Gasteiger partial charge is 0.335 e. The lowest BCUT2D eigenvalue weighted by molar-refractivity contribution is 0.0696. The van der Waals surface area contributed by atoms with E-state index >= 15 is 0 Å². The van der Waals surface area contributed by atoms with Gasteiger partial charge in [-0.2, -0.15) is 0 Å². The van der Waals surface area contributed by atoms with E-state index in [4.69, 9.17) is 9.84 Å². The first-order chi connectivity index (χ1) is 11.4. The van der Waals surface area contributed by atoms with Crippen LogP contribution in [0.15, 0.2) is 53.4 Å². The Bertz CT molecular complexity index is 783. The number of aromatic carboxylic acids is 1. The minimum atomic E-state index is -3.66. The van der Waals surface area contributed by atoms with E-state index in [0.29, 0.717) is 13.0 Å². The third-order valence-electron chi connectivity index (χ3n) is 3.35. The Labute approximate surface area is 141 Å². The third kappa shape index (κ3) is 4.81. The second-order valence-corrected chi connectivity index (χ2v) is 6.82. The molecule has 0 fully saturated rings. The SMILES string of the molecule is CCOc1ccc(CCNS(=O)(=O)c2ccc(C(=O)O)cc2)cc1. The van der Waals surface area contributed by atoms with Gasteiger partial charge >= 0.3 is 5.97 Å². The summed E-state index contributed by atoms with van der Waals surface area (Å²) >= 11 is 0. The third-order valence-corrected chi connectivity index (χ3v) is 4.83. The molecular weight excluding hydrogens is 330 g/mol. The molecule has 0 saturated carbocycles. The van der Waals surface area contributed by atoms with Crippen molar-refractivity contribution in [3.05, 3.63) is 59.7 Å². The minimum absolute atomic E-state index is 0.0409. The summed E-state index contributed by atoms with van der Waals surface area (Å²) < 4.78 is 32.2. The number of ether oxygens (including phenoxy) is 1. The molecule has 0 radical (unpaired) electrons. The van der Waals surface area contributed by atoms with Crippen LogP contribution in [-0.4, -0.2) is 32.6 Å². The fraction of sp³-hybridized carbons (Fsp3) is 0.235. The summed E-state index contributed by atoms with van der Waals surface area (Å²) in [6.45, 7) is 2.75. The molecular formula is C17H19NO5S. The van der Waals surface area contributed by atoms with Crippen LogP contribution in [0.25, 0.3) is 0 Å². The molecule has 0 aromatic heterocycles. The maximum atomic E-state index is 12.2. The Morgan fingerprint density at radius 3 is 2.25 bits per heavy atom. The zero-order valence-electron chi connectivity index (χ0n) is 13.2. The molecule has 2 rings (SSSR count). The predicted molar refractivity (Wildman–Crippen MR) is 89.9 cm³/mol. The molecule has 0 aliphatic heterocycles. The number of carboxylic acids is 1. The lowest BCUT2D eigenvalue weighted by Gasteiger charge is -2.08. The highest BCUT2D eigenvalue weighted by Gasteiger charge is 2.14. The molecule has 0 spiro atoms. The molecule has 24 heavy (non-hydrogen) atoms. The van der Waals surface area contributed by atoms with Gasteiger partial charge in [0.1, 0.15) is 5.75 Å². The van der Waals surface area contributed by atoms with Gasteiger partial charge in [-0.1, -0.05) is 12.1 Å². The summed E-state index contributed by atoms with van der Waals surface area (Å²) in [5, 5.41) is 8.83. The Morgan fingerprint density at radius 1 is 1.08 bits per heavy atom. The predicted octanol–water partition coefficient (Wildman–Crippen LogP) is 2.30. The Kier molecular flexibility index (Phi) is 5.94. The normalized spacial score (nSPS) is 11.2. The zero-order chi connectivity index (χ0) is 17.6. The molecule has 0 saturated heterocycles. The molecule has 2 aromatic rings. The van der Waals surface area contributed by atoms with Crippen LogP contribution in [0.1, 0.15) is 22.8 Å². The fourth-order valence-electron chi connectivity index (χ4n) is 2.11. The van der Waals surface area contributed by atoms with Crippen LogP contribution in [-0.2, 0) is 16.4 Å². The first kappa shape index (κ1) is 18.0. The molecule has 0 unspecified atom stereocenters. The molecule has 7 heteroatoms. The highest BCUT2D eigenvalue weighted by atomic mass is 32.2. The summed E-state index contributed by atoms with van der Waals surface area (Å²) in [7, 11) is -3.66. The van der Waals surface area contributed by atoms with Gasteiger partial charge < -0.3 is 9.84 Å². The van der Waals surface area contributed by atoms with Crippen molar-refractivity contribution in [1.82, 2.24) is 4.72 Å². The molecule has 2 aromatic carbocycles. The molecule has 6 nitrogen and oxygen atoms in total. The maximum Gasteiger partial charge on any atom is 0.335 e. The molecule has 0 aliphatic rings. The van der Waals surface area contributed by atoms with E-state index in [2.05, 4.69) is 4.72 Å². The topological polar surface area (TPSA) is 92.7 Å². The summed E-state index contributed by atoms with van der Waals surface area (Å²) in [6.07, 6.45) is 0.541. The van der Waals surface area contributed by atoms with Gasteiger partial charge in [-0.3, -0.25) is 0 Å². The largest absolute Gasteiger partial charge is 0.494 e. The number of sulfonamides is 1. The van der Waals surface area contributed by atoms with Crippen molar-refractivity contribution in [2.24, 2.45) is 0 Å². The Morgan fingerprint density at radius 2 is 1.71 bits per heavy atom. The van der Waals surface area contributed by atoms with Crippen LogP contribution in [0.4, 0.5) is 0 Å². The first-order valence-corrected chi connectivity index (χ1v) is 8.95. The number of nitrogens with one attached hydrogen (secondary N) is 1. The van der Waals surface area contributed by atoms with E-state index in [-0.39, 0.29) is 17.0 Å². The van der Waals surface area contributed by atoms with Gasteiger partial charge in [0.15, 0.2) is 0 Å². The van der Waals surface area contributed by atoms with Crippen LogP contribution in [0.3, 0.4) is 0 Å². The Balaban J connectivity index is 1.93. The van der Waals surface area contributed by atoms with Crippen molar-refractivity contribution >= 4 is 16.0 Å². The lowest BCUT2D eigenvalue weighted by atomic mass is 10.1. The van der Waals surface area contributed by atoms with Crippen molar-refractivity contribution in [3.63, 3.8) is 0 Å². The van der Waals surface area contributed by atoms with Crippen LogP contribution in [0, 0.1) is 0 Å². The van der Waals surface area contributed by atoms with E-state index in [1.54, 1.807) is 0 Å². The van der Waals surface area contributed by atoms with Gasteiger partial charge in [0.2, 0.25) is 10.0 Å². The quantitative estimate of drug-likeness (QED) is 0.763. The molecule has 0 heterocycles. The highest BCUT2D eigenvalue weighted by molar-refractivity contribution is 7.89. The zero-order valence-corrected chi connectivity index (χ0v) is 14.0. The van der Waals surface area contributed by atoms with E-state index in [1.807, 2.05) is 31.2 Å². The van der Waals surface area contributed by atoms with Crippen molar-refractivity contribution in [3.8, 4) is 5.75 Å². The van der Waals surface area contributed by atoms with Gasteiger partial charge in [0.05, 0.1) is 17.1 Å². The summed E-state index contributed by atoms with van der Waals surface area (Å²) in [6, 6.07) is 12.6. The van der Waals surface area contributed by atoms with Gasteiger partial charge in [0, 0.05) is 6.54 Å². The van der Waals surface area contributed by atoms with Gasteiger partial charge in [0.25, 0.3) is 0 Å². The average molecular weight is 349 g/mol. The van der Waals surface area contributed by atoms with Crippen LogP contribution < -0.4 is 9.46 Å². The van der Waals surface area contributed by atoms with E-state index in [1.165, 1.54) is 24.3 Å². The molecule has 0 amide bonds. The summed E-state index contributed by atoms with van der Waals surface area (Å²) in [5.41, 5.74) is 1.03. The van der Waals surface area contributed by atoms with Gasteiger partial charge in [-0.05, 0) is 55.3 Å². The van der Waals surface area contributed by atoms with Crippen LogP contribution in [0.2, 0.25) is 0 Å². The molecule has 2 N–H and O–H groups in total. The number of benzene rings is 2. The van der Waals surface area contributed by atoms with Crippen molar-refractivity contribution in [2.45, 2.75) is 18.2 Å². The van der Waals surface area contributed by atoms with Crippen LogP contribution >= 0.6 is 0 Å². The van der Waals surface area contributed by atoms with Crippen molar-refractivity contribution in [2.75, 3.05) is 13.2 Å². The Hall–Kier alpha value is -2.38. The second kappa shape index (κ2) is 7.94. The molecule has 0 atom stereocenters. The molecule has 0 aliphatic carbocycles. The van der Waals surface area contributed by atoms with E-state index < -0.39 is 16.0 Å². The van der Waals surface area contributed by atoms with E-state index in [0.717, 1.165) is 11.3 Å². The standard InChI is InChI=1S/C17H19NO5S/c1-2-23-15-7-3-13(4-8-15)11-12-18-24(21,22)16-9-5-14(6-10-16)17(19)20/h3-10,18H,2,11-12H2,1H3,(H,19,20). The minimum Gasteiger partial charge on any atom is -0.494 e. The van der Waals surface area contributed by atoms with Gasteiger partial charge in [-0.15, -0.1) is 0 Å². The van der Waals surface area contributed by atoms with Crippen LogP contribution in [0.5, 0.6) is 5.75 Å². The highest BCUT2D eigenvalue weighted by Crippen LogP contribution is 2.13. The fourth-order valence-corrected chi connectivity index (χ4v) is 3.14. The molecule has 128 valence electrons. The van der Waals surface area contributed by atoms with E-state index in [9.17, 15) is 13.2 Å². The first-order valence-electron chi connectivity index (χ1n) is 7.47. The van der Waals surface area contributed by atoms with Gasteiger partial charge in [-0.25, -0.2) is 17.9 Å². The van der Waals surface area contributed by atoms with Crippen molar-refractivity contribution in [1.29, 1.82) is 0 Å². The maximum absolute atomic E-state index is 12.2. The number of rotatable bonds is 8. The number of hydrogen-bond donors (Lipinski definition) is 2. The van der Waals surface area contributed by atoms with Crippen molar-refractivity contribution < 1.29 is 23.1 Å². The number of carboxylic acid groups (broad SMARTS) is 1. The summed E-state index contributed by atoms with van der Waals surface area (Å²) in [4.78, 5) is 10.8. The number of hydrogen-bond acceptors (Lipinski definition) is 4. The number of carbonyl (C=O) groups is 1. The molecule has 0 bridgehead atoms. The lowest BCUT2D eigenvalue weighted by Crippen LogP contribution is -2.26. The summed E-state index contributed by atoms with van der Waals surface area (Å²) in [5.74, 6) is -0.317. The second-order valence-electron chi connectivity index (χ2n) is 5.05.